The van der Waals surface area contributed by atoms with Gasteiger partial charge in [0.15, 0.2) is 0 Å². The van der Waals surface area contributed by atoms with Crippen LogP contribution in [0.1, 0.15) is 0 Å². The third kappa shape index (κ3) is 3.37. The van der Waals surface area contributed by atoms with E-state index in [1.165, 1.54) is 13.2 Å². The summed E-state index contributed by atoms with van der Waals surface area (Å²) in [5, 5.41) is 2.02. The zero-order valence-electron chi connectivity index (χ0n) is 18.0. The monoisotopic (exact) mass is 444 g/mol. The first-order valence-electron chi connectivity index (χ1n) is 10.3. The van der Waals surface area contributed by atoms with Gasteiger partial charge in [0.2, 0.25) is 0 Å². The first-order valence-corrected chi connectivity index (χ1v) is 10.3. The number of hydrogen-bond donors (Lipinski definition) is 0. The summed E-state index contributed by atoms with van der Waals surface area (Å²) in [5.74, 6) is -1.28. The normalized spacial score (nSPS) is 11.2. The molecule has 0 saturated carbocycles. The van der Waals surface area contributed by atoms with Gasteiger partial charge in [-0.3, -0.25) is 0 Å². The second kappa shape index (κ2) is 8.17. The Morgan fingerprint density at radius 1 is 0.515 bits per heavy atom. The number of fused-ring (bicyclic) bond motifs is 2. The van der Waals surface area contributed by atoms with E-state index >= 15 is 13.2 Å². The Labute approximate surface area is 188 Å². The molecule has 0 aliphatic rings. The minimum atomic E-state index is -0.778. The molecule has 0 aromatic heterocycles. The quantitative estimate of drug-likeness (QED) is 0.264. The molecule has 5 aromatic rings. The molecule has 2 nitrogen and oxygen atoms in total. The van der Waals surface area contributed by atoms with Crippen molar-refractivity contribution in [1.82, 2.24) is 0 Å². The Morgan fingerprint density at radius 3 is 1.70 bits per heavy atom. The smallest absolute Gasteiger partial charge is 0.137 e. The number of hydrogen-bond acceptors (Lipinski definition) is 2. The predicted octanol–water partition coefficient (Wildman–Crippen LogP) is 7.76. The van der Waals surface area contributed by atoms with Crippen LogP contribution >= 0.6 is 0 Å². The summed E-state index contributed by atoms with van der Waals surface area (Å²) in [6.45, 7) is 0. The highest BCUT2D eigenvalue weighted by molar-refractivity contribution is 6.21. The fraction of sp³-hybridized carbons (Fsp3) is 0.0714. The largest absolute Gasteiger partial charge is 0.497 e. The van der Waals surface area contributed by atoms with Gasteiger partial charge in [-0.15, -0.1) is 0 Å². The van der Waals surface area contributed by atoms with Crippen molar-refractivity contribution >= 4 is 21.5 Å². The van der Waals surface area contributed by atoms with Crippen LogP contribution in [-0.4, -0.2) is 14.2 Å². The highest BCUT2D eigenvalue weighted by atomic mass is 19.1. The second-order valence-corrected chi connectivity index (χ2v) is 7.65. The number of methoxy groups -OCH3 is 2. The van der Waals surface area contributed by atoms with Gasteiger partial charge in [-0.1, -0.05) is 48.5 Å². The molecule has 5 heteroatoms. The van der Waals surface area contributed by atoms with Crippen LogP contribution in [0.15, 0.2) is 78.9 Å². The fourth-order valence-electron chi connectivity index (χ4n) is 4.42. The molecule has 0 radical (unpaired) electrons. The first kappa shape index (κ1) is 20.9. The Bertz CT molecular complexity index is 1490. The van der Waals surface area contributed by atoms with Crippen molar-refractivity contribution in [3.05, 3.63) is 96.3 Å². The van der Waals surface area contributed by atoms with E-state index in [4.69, 9.17) is 9.47 Å². The summed E-state index contributed by atoms with van der Waals surface area (Å²) in [6.07, 6.45) is 0. The van der Waals surface area contributed by atoms with Gasteiger partial charge in [-0.2, -0.15) is 0 Å². The van der Waals surface area contributed by atoms with Gasteiger partial charge < -0.3 is 9.47 Å². The van der Waals surface area contributed by atoms with E-state index in [1.807, 2.05) is 24.3 Å². The summed E-state index contributed by atoms with van der Waals surface area (Å²) < 4.78 is 56.1. The Kier molecular flexibility index (Phi) is 5.17. The third-order valence-corrected chi connectivity index (χ3v) is 5.88. The first-order chi connectivity index (χ1) is 16.0. The van der Waals surface area contributed by atoms with Crippen LogP contribution in [0.5, 0.6) is 11.5 Å². The summed E-state index contributed by atoms with van der Waals surface area (Å²) in [4.78, 5) is 0. The van der Waals surface area contributed by atoms with Crippen LogP contribution in [0.2, 0.25) is 0 Å². The molecule has 33 heavy (non-hydrogen) atoms. The van der Waals surface area contributed by atoms with Gasteiger partial charge in [0.25, 0.3) is 0 Å². The Hall–Kier alpha value is -3.99. The lowest BCUT2D eigenvalue weighted by molar-refractivity contribution is 0.407. The van der Waals surface area contributed by atoms with Crippen LogP contribution in [0.4, 0.5) is 13.2 Å². The van der Waals surface area contributed by atoms with E-state index in [-0.39, 0.29) is 11.3 Å². The van der Waals surface area contributed by atoms with Gasteiger partial charge >= 0.3 is 0 Å². The van der Waals surface area contributed by atoms with E-state index in [9.17, 15) is 0 Å². The van der Waals surface area contributed by atoms with Gasteiger partial charge in [-0.05, 0) is 39.9 Å². The summed E-state index contributed by atoms with van der Waals surface area (Å²) >= 11 is 0. The molecule has 0 bridgehead atoms. The van der Waals surface area contributed by atoms with Crippen LogP contribution in [0, 0.1) is 17.5 Å². The van der Waals surface area contributed by atoms with Crippen LogP contribution in [-0.2, 0) is 0 Å². The van der Waals surface area contributed by atoms with Crippen LogP contribution < -0.4 is 9.47 Å². The van der Waals surface area contributed by atoms with Gasteiger partial charge in [0.1, 0.15) is 29.0 Å². The molecule has 5 aromatic carbocycles. The molecule has 0 fully saturated rings. The molecule has 5 rings (SSSR count). The van der Waals surface area contributed by atoms with Crippen molar-refractivity contribution < 1.29 is 22.6 Å². The molecular weight excluding hydrogens is 425 g/mol. The molecule has 0 amide bonds. The maximum absolute atomic E-state index is 15.4. The summed E-state index contributed by atoms with van der Waals surface area (Å²) in [7, 11) is 2.92. The van der Waals surface area contributed by atoms with Crippen molar-refractivity contribution in [1.29, 1.82) is 0 Å². The topological polar surface area (TPSA) is 18.5 Å². The minimum Gasteiger partial charge on any atom is -0.497 e. The SMILES string of the molecule is COc1ccc(-c2c3ccccc3c(-c3c(F)cc(OC)cc3F)c3cccc(F)c23)cc1. The molecule has 0 atom stereocenters. The van der Waals surface area contributed by atoms with E-state index in [0.717, 1.165) is 17.7 Å². The summed E-state index contributed by atoms with van der Waals surface area (Å²) in [5.41, 5.74) is 1.50. The number of rotatable bonds is 4. The minimum absolute atomic E-state index is 0.0726. The molecule has 0 aliphatic carbocycles. The highest BCUT2D eigenvalue weighted by Crippen LogP contribution is 2.46. The van der Waals surface area contributed by atoms with Crippen molar-refractivity contribution in [2.45, 2.75) is 0 Å². The van der Waals surface area contributed by atoms with Gasteiger partial charge in [0, 0.05) is 28.6 Å². The fourth-order valence-corrected chi connectivity index (χ4v) is 4.42. The molecular formula is C28H19F3O2. The lowest BCUT2D eigenvalue weighted by Gasteiger charge is -2.19. The van der Waals surface area contributed by atoms with E-state index in [1.54, 1.807) is 43.5 Å². The van der Waals surface area contributed by atoms with Crippen molar-refractivity contribution in [3.8, 4) is 33.8 Å². The average molecular weight is 444 g/mol. The zero-order chi connectivity index (χ0) is 23.1. The van der Waals surface area contributed by atoms with Crippen molar-refractivity contribution in [2.24, 2.45) is 0 Å². The average Bonchev–Trinajstić information content (AvgIpc) is 2.83. The maximum atomic E-state index is 15.4. The molecule has 0 spiro atoms. The molecule has 0 N–H and O–H groups in total. The number of halogens is 3. The van der Waals surface area contributed by atoms with E-state index < -0.39 is 17.5 Å². The van der Waals surface area contributed by atoms with Crippen molar-refractivity contribution in [3.63, 3.8) is 0 Å². The van der Waals surface area contributed by atoms with Gasteiger partial charge in [-0.25, -0.2) is 13.2 Å². The lowest BCUT2D eigenvalue weighted by Crippen LogP contribution is -1.98. The molecule has 0 saturated heterocycles. The second-order valence-electron chi connectivity index (χ2n) is 7.65. The standard InChI is InChI=1S/C28H19F3O2/c1-32-17-12-10-16(11-13-17)25-19-6-3-4-7-20(19)26(21-8-5-9-22(29)27(21)25)28-23(30)14-18(33-2)15-24(28)31/h3-15H,1-2H3. The molecule has 0 heterocycles. The van der Waals surface area contributed by atoms with Gasteiger partial charge in [0.05, 0.1) is 19.8 Å². The molecule has 0 unspecified atom stereocenters. The summed E-state index contributed by atoms with van der Waals surface area (Å²) in [6, 6.07) is 21.4. The van der Waals surface area contributed by atoms with Crippen LogP contribution in [0.25, 0.3) is 43.8 Å². The maximum Gasteiger partial charge on any atom is 0.137 e. The predicted molar refractivity (Wildman–Crippen MR) is 125 cm³/mol. The number of ether oxygens (including phenoxy) is 2. The Morgan fingerprint density at radius 2 is 1.09 bits per heavy atom. The number of benzene rings is 5. The molecule has 164 valence electrons. The zero-order valence-corrected chi connectivity index (χ0v) is 18.0. The Balaban J connectivity index is 1.97. The molecule has 0 aliphatic heterocycles. The highest BCUT2D eigenvalue weighted by Gasteiger charge is 2.23. The van der Waals surface area contributed by atoms with Crippen LogP contribution in [0.3, 0.4) is 0 Å². The third-order valence-electron chi connectivity index (χ3n) is 5.88. The van der Waals surface area contributed by atoms with E-state index in [2.05, 4.69) is 0 Å². The lowest BCUT2D eigenvalue weighted by atomic mass is 9.85. The van der Waals surface area contributed by atoms with E-state index in [0.29, 0.717) is 38.4 Å². The van der Waals surface area contributed by atoms with Crippen molar-refractivity contribution in [2.75, 3.05) is 14.2 Å².